The highest BCUT2D eigenvalue weighted by atomic mass is 79.9. The number of rotatable bonds is 9. The molecule has 0 heterocycles. The number of phenols is 1. The lowest BCUT2D eigenvalue weighted by atomic mass is 9.94. The van der Waals surface area contributed by atoms with E-state index in [0.717, 1.165) is 4.47 Å². The molecule has 0 fully saturated rings. The SMILES string of the molecule is COc1ccc([C@H](OC(=O)Nc2ccc(Br)cc2)[C@H](C)CCOC(=O)CS)cc1O. The Labute approximate surface area is 189 Å². The van der Waals surface area contributed by atoms with Gasteiger partial charge in [-0.1, -0.05) is 28.9 Å². The fourth-order valence-electron chi connectivity index (χ4n) is 2.75. The minimum absolute atomic E-state index is 0.00371. The molecular weight excluding hydrogens is 474 g/mol. The summed E-state index contributed by atoms with van der Waals surface area (Å²) in [4.78, 5) is 23.8. The Bertz CT molecular complexity index is 861. The van der Waals surface area contributed by atoms with Crippen molar-refractivity contribution >= 4 is 46.3 Å². The number of aromatic hydroxyl groups is 1. The van der Waals surface area contributed by atoms with Crippen LogP contribution in [0.1, 0.15) is 25.0 Å². The molecular formula is C21H24BrNO6S. The predicted molar refractivity (Wildman–Crippen MR) is 120 cm³/mol. The van der Waals surface area contributed by atoms with Crippen LogP contribution in [0.5, 0.6) is 11.5 Å². The van der Waals surface area contributed by atoms with E-state index in [9.17, 15) is 14.7 Å². The number of nitrogens with one attached hydrogen (secondary N) is 1. The highest BCUT2D eigenvalue weighted by Crippen LogP contribution is 2.35. The van der Waals surface area contributed by atoms with Crippen molar-refractivity contribution in [2.24, 2.45) is 5.92 Å². The summed E-state index contributed by atoms with van der Waals surface area (Å²) in [6.45, 7) is 2.03. The summed E-state index contributed by atoms with van der Waals surface area (Å²) in [7, 11) is 1.45. The fraction of sp³-hybridized carbons (Fsp3) is 0.333. The van der Waals surface area contributed by atoms with Crippen LogP contribution in [-0.4, -0.2) is 36.6 Å². The summed E-state index contributed by atoms with van der Waals surface area (Å²) in [6.07, 6.45) is -0.883. The molecule has 0 spiro atoms. The number of benzene rings is 2. The van der Waals surface area contributed by atoms with Gasteiger partial charge in [-0.3, -0.25) is 10.1 Å². The molecule has 0 aliphatic heterocycles. The van der Waals surface area contributed by atoms with E-state index in [4.69, 9.17) is 14.2 Å². The molecule has 0 saturated heterocycles. The third-order valence-corrected chi connectivity index (χ3v) is 5.13. The van der Waals surface area contributed by atoms with Gasteiger partial charge in [-0.05, 0) is 48.4 Å². The van der Waals surface area contributed by atoms with E-state index in [-0.39, 0.29) is 24.0 Å². The topological polar surface area (TPSA) is 94.1 Å². The van der Waals surface area contributed by atoms with Crippen molar-refractivity contribution in [2.45, 2.75) is 19.4 Å². The number of methoxy groups -OCH3 is 1. The molecule has 0 radical (unpaired) electrons. The van der Waals surface area contributed by atoms with E-state index >= 15 is 0 Å². The molecule has 30 heavy (non-hydrogen) atoms. The van der Waals surface area contributed by atoms with E-state index in [2.05, 4.69) is 33.9 Å². The Hall–Kier alpha value is -2.39. The van der Waals surface area contributed by atoms with Crippen LogP contribution in [-0.2, 0) is 14.3 Å². The van der Waals surface area contributed by atoms with Crippen LogP contribution < -0.4 is 10.1 Å². The molecule has 2 aromatic rings. The summed E-state index contributed by atoms with van der Waals surface area (Å²) in [5, 5.41) is 12.8. The van der Waals surface area contributed by atoms with Crippen LogP contribution in [0.25, 0.3) is 0 Å². The van der Waals surface area contributed by atoms with Gasteiger partial charge in [0.25, 0.3) is 0 Å². The van der Waals surface area contributed by atoms with E-state index in [0.29, 0.717) is 23.4 Å². The lowest BCUT2D eigenvalue weighted by Gasteiger charge is -2.25. The summed E-state index contributed by atoms with van der Waals surface area (Å²) in [5.41, 5.74) is 1.17. The molecule has 2 N–H and O–H groups in total. The largest absolute Gasteiger partial charge is 0.504 e. The number of carbonyl (C=O) groups is 2. The zero-order valence-electron chi connectivity index (χ0n) is 16.6. The molecule has 7 nitrogen and oxygen atoms in total. The molecule has 162 valence electrons. The number of hydrogen-bond donors (Lipinski definition) is 3. The molecule has 0 aromatic heterocycles. The number of thiol groups is 1. The smallest absolute Gasteiger partial charge is 0.412 e. The van der Waals surface area contributed by atoms with Crippen molar-refractivity contribution in [2.75, 3.05) is 24.8 Å². The van der Waals surface area contributed by atoms with E-state index in [1.807, 2.05) is 6.92 Å². The second-order valence-corrected chi connectivity index (χ2v) is 7.77. The molecule has 1 amide bonds. The summed E-state index contributed by atoms with van der Waals surface area (Å²) in [5.74, 6) is -0.381. The number of amides is 1. The van der Waals surface area contributed by atoms with Crippen LogP contribution in [0, 0.1) is 5.92 Å². The van der Waals surface area contributed by atoms with Crippen LogP contribution >= 0.6 is 28.6 Å². The number of esters is 1. The van der Waals surface area contributed by atoms with Crippen LogP contribution in [0.4, 0.5) is 10.5 Å². The average molecular weight is 498 g/mol. The Kier molecular flexibility index (Phi) is 9.32. The van der Waals surface area contributed by atoms with Crippen molar-refractivity contribution < 1.29 is 28.9 Å². The first-order chi connectivity index (χ1) is 14.3. The van der Waals surface area contributed by atoms with Crippen molar-refractivity contribution in [1.82, 2.24) is 0 Å². The molecule has 0 unspecified atom stereocenters. The van der Waals surface area contributed by atoms with Gasteiger partial charge in [-0.2, -0.15) is 12.6 Å². The van der Waals surface area contributed by atoms with E-state index in [1.54, 1.807) is 36.4 Å². The summed E-state index contributed by atoms with van der Waals surface area (Å²) >= 11 is 7.21. The number of phenolic OH excluding ortho intramolecular Hbond substituents is 1. The molecule has 2 rings (SSSR count). The van der Waals surface area contributed by atoms with Crippen molar-refractivity contribution in [1.29, 1.82) is 0 Å². The van der Waals surface area contributed by atoms with Gasteiger partial charge in [0.2, 0.25) is 0 Å². The second-order valence-electron chi connectivity index (χ2n) is 6.53. The summed E-state index contributed by atoms with van der Waals surface area (Å²) < 4.78 is 16.7. The minimum atomic E-state index is -0.688. The van der Waals surface area contributed by atoms with Gasteiger partial charge in [0.1, 0.15) is 6.10 Å². The maximum atomic E-state index is 12.5. The summed E-state index contributed by atoms with van der Waals surface area (Å²) in [6, 6.07) is 11.9. The van der Waals surface area contributed by atoms with E-state index < -0.39 is 18.2 Å². The number of halogens is 1. The number of carbonyl (C=O) groups excluding carboxylic acids is 2. The van der Waals surface area contributed by atoms with Crippen molar-refractivity contribution in [3.8, 4) is 11.5 Å². The maximum absolute atomic E-state index is 12.5. The third kappa shape index (κ3) is 7.14. The Morgan fingerprint density at radius 3 is 2.50 bits per heavy atom. The Morgan fingerprint density at radius 2 is 1.90 bits per heavy atom. The molecule has 0 aliphatic carbocycles. The predicted octanol–water partition coefficient (Wildman–Crippen LogP) is 4.95. The number of anilines is 1. The molecule has 0 saturated carbocycles. The van der Waals surface area contributed by atoms with Gasteiger partial charge < -0.3 is 19.3 Å². The molecule has 0 bridgehead atoms. The monoisotopic (exact) mass is 497 g/mol. The molecule has 2 atom stereocenters. The van der Waals surface area contributed by atoms with Gasteiger partial charge in [-0.15, -0.1) is 0 Å². The molecule has 0 aliphatic rings. The fourth-order valence-corrected chi connectivity index (χ4v) is 3.10. The standard InChI is InChI=1S/C21H24BrNO6S/c1-13(9-10-28-19(25)12-30)20(14-3-8-18(27-2)17(24)11-14)29-21(26)23-16-6-4-15(22)5-7-16/h3-8,11,13,20,24,30H,9-10,12H2,1-2H3,(H,23,26)/t13-,20-/m1/s1. The van der Waals surface area contributed by atoms with Crippen LogP contribution in [0.3, 0.4) is 0 Å². The second kappa shape index (κ2) is 11.7. The molecule has 2 aromatic carbocycles. The lowest BCUT2D eigenvalue weighted by Crippen LogP contribution is -2.23. The maximum Gasteiger partial charge on any atom is 0.412 e. The van der Waals surface area contributed by atoms with Gasteiger partial charge >= 0.3 is 12.1 Å². The third-order valence-electron chi connectivity index (χ3n) is 4.34. The first-order valence-electron chi connectivity index (χ1n) is 9.20. The zero-order valence-corrected chi connectivity index (χ0v) is 19.1. The number of hydrogen-bond acceptors (Lipinski definition) is 7. The average Bonchev–Trinajstić information content (AvgIpc) is 2.73. The quantitative estimate of drug-likeness (QED) is 0.335. The number of ether oxygens (including phenoxy) is 3. The normalized spacial score (nSPS) is 12.5. The highest BCUT2D eigenvalue weighted by Gasteiger charge is 2.25. The first-order valence-corrected chi connectivity index (χ1v) is 10.6. The van der Waals surface area contributed by atoms with Crippen molar-refractivity contribution in [3.05, 3.63) is 52.5 Å². The molecule has 9 heteroatoms. The van der Waals surface area contributed by atoms with Crippen LogP contribution in [0.2, 0.25) is 0 Å². The van der Waals surface area contributed by atoms with Gasteiger partial charge in [-0.25, -0.2) is 4.79 Å². The van der Waals surface area contributed by atoms with Gasteiger partial charge in [0.15, 0.2) is 11.5 Å². The first kappa shape index (κ1) is 23.9. The van der Waals surface area contributed by atoms with Crippen molar-refractivity contribution in [3.63, 3.8) is 0 Å². The Balaban J connectivity index is 2.14. The van der Waals surface area contributed by atoms with Gasteiger partial charge in [0.05, 0.1) is 19.5 Å². The lowest BCUT2D eigenvalue weighted by molar-refractivity contribution is -0.141. The minimum Gasteiger partial charge on any atom is -0.504 e. The van der Waals surface area contributed by atoms with Crippen LogP contribution in [0.15, 0.2) is 46.9 Å². The highest BCUT2D eigenvalue weighted by molar-refractivity contribution is 9.10. The van der Waals surface area contributed by atoms with E-state index in [1.165, 1.54) is 13.2 Å². The Morgan fingerprint density at radius 1 is 1.20 bits per heavy atom. The van der Waals surface area contributed by atoms with Gasteiger partial charge in [0, 0.05) is 16.1 Å². The zero-order chi connectivity index (χ0) is 22.1.